The molecule has 0 N–H and O–H groups in total. The van der Waals surface area contributed by atoms with E-state index < -0.39 is 12.1 Å². The molecule has 0 aromatic heterocycles. The van der Waals surface area contributed by atoms with Crippen LogP contribution in [0.25, 0.3) is 0 Å². The summed E-state index contributed by atoms with van der Waals surface area (Å²) in [5, 5.41) is 0. The van der Waals surface area contributed by atoms with Crippen LogP contribution >= 0.6 is 0 Å². The third-order valence-corrected chi connectivity index (χ3v) is 2.96. The lowest BCUT2D eigenvalue weighted by molar-refractivity contribution is -0.177. The van der Waals surface area contributed by atoms with E-state index >= 15 is 0 Å². The van der Waals surface area contributed by atoms with Crippen molar-refractivity contribution in [2.45, 2.75) is 45.3 Å². The minimum atomic E-state index is -3.99. The predicted octanol–water partition coefficient (Wildman–Crippen LogP) is 3.06. The summed E-state index contributed by atoms with van der Waals surface area (Å²) in [4.78, 5) is 2.13. The maximum absolute atomic E-state index is 12.4. The number of alkyl halides is 3. The molecule has 0 saturated carbocycles. The van der Waals surface area contributed by atoms with Crippen LogP contribution in [0.15, 0.2) is 0 Å². The van der Waals surface area contributed by atoms with Crippen LogP contribution in [-0.2, 0) is 0 Å². The molecule has 1 nitrogen and oxygen atoms in total. The van der Waals surface area contributed by atoms with E-state index in [9.17, 15) is 13.2 Å². The Morgan fingerprint density at radius 1 is 1.14 bits per heavy atom. The Bertz CT molecular complexity index is 177. The second-order valence-corrected chi connectivity index (χ2v) is 4.30. The average Bonchev–Trinajstić information content (AvgIpc) is 2.26. The van der Waals surface area contributed by atoms with E-state index in [2.05, 4.69) is 4.90 Å². The summed E-state index contributed by atoms with van der Waals surface area (Å²) >= 11 is 0. The second-order valence-electron chi connectivity index (χ2n) is 4.30. The summed E-state index contributed by atoms with van der Waals surface area (Å²) in [6, 6.07) is 0.363. The zero-order chi connectivity index (χ0) is 10.8. The standard InChI is InChI=1S/C10H18F3N/c1-8(2)14-6-3-4-9(5-7-14)10(11,12)13/h8-9H,3-7H2,1-2H3. The van der Waals surface area contributed by atoms with Gasteiger partial charge in [0.1, 0.15) is 0 Å². The van der Waals surface area contributed by atoms with E-state index in [1.54, 1.807) is 0 Å². The van der Waals surface area contributed by atoms with E-state index in [-0.39, 0.29) is 6.42 Å². The van der Waals surface area contributed by atoms with Gasteiger partial charge >= 0.3 is 6.18 Å². The van der Waals surface area contributed by atoms with Crippen molar-refractivity contribution in [2.24, 2.45) is 5.92 Å². The van der Waals surface area contributed by atoms with Crippen molar-refractivity contribution in [2.75, 3.05) is 13.1 Å². The quantitative estimate of drug-likeness (QED) is 0.641. The SMILES string of the molecule is CC(C)N1CCCC(C(F)(F)F)CC1. The van der Waals surface area contributed by atoms with E-state index in [1.165, 1.54) is 0 Å². The molecule has 0 aliphatic carbocycles. The van der Waals surface area contributed by atoms with Crippen molar-refractivity contribution >= 4 is 0 Å². The lowest BCUT2D eigenvalue weighted by Crippen LogP contribution is -2.32. The Balaban J connectivity index is 2.49. The number of rotatable bonds is 1. The van der Waals surface area contributed by atoms with Crippen LogP contribution in [0.4, 0.5) is 13.2 Å². The van der Waals surface area contributed by atoms with Gasteiger partial charge < -0.3 is 4.90 Å². The zero-order valence-electron chi connectivity index (χ0n) is 8.77. The highest BCUT2D eigenvalue weighted by atomic mass is 19.4. The monoisotopic (exact) mass is 209 g/mol. The molecule has 0 aromatic rings. The molecular weight excluding hydrogens is 191 g/mol. The minimum Gasteiger partial charge on any atom is -0.301 e. The highest BCUT2D eigenvalue weighted by Gasteiger charge is 2.39. The average molecular weight is 209 g/mol. The minimum absolute atomic E-state index is 0.266. The van der Waals surface area contributed by atoms with Crippen molar-refractivity contribution in [3.05, 3.63) is 0 Å². The van der Waals surface area contributed by atoms with Crippen LogP contribution in [0, 0.1) is 5.92 Å². The Hall–Kier alpha value is -0.250. The molecule has 1 aliphatic heterocycles. The molecule has 1 heterocycles. The van der Waals surface area contributed by atoms with Gasteiger partial charge in [0, 0.05) is 6.04 Å². The van der Waals surface area contributed by atoms with Crippen LogP contribution in [0.5, 0.6) is 0 Å². The van der Waals surface area contributed by atoms with Crippen LogP contribution in [-0.4, -0.2) is 30.2 Å². The molecule has 1 rings (SSSR count). The van der Waals surface area contributed by atoms with Gasteiger partial charge in [-0.2, -0.15) is 13.2 Å². The van der Waals surface area contributed by atoms with Crippen molar-refractivity contribution in [1.82, 2.24) is 4.90 Å². The van der Waals surface area contributed by atoms with Gasteiger partial charge in [-0.1, -0.05) is 0 Å². The van der Waals surface area contributed by atoms with Crippen LogP contribution in [0.2, 0.25) is 0 Å². The molecule has 0 aromatic carbocycles. The molecule has 0 radical (unpaired) electrons. The maximum Gasteiger partial charge on any atom is 0.391 e. The fourth-order valence-electron chi connectivity index (χ4n) is 1.96. The number of likely N-dealkylation sites (tertiary alicyclic amines) is 1. The van der Waals surface area contributed by atoms with Gasteiger partial charge in [-0.05, 0) is 46.2 Å². The Morgan fingerprint density at radius 3 is 2.29 bits per heavy atom. The molecule has 0 spiro atoms. The molecule has 1 atom stereocenters. The van der Waals surface area contributed by atoms with Gasteiger partial charge in [0.25, 0.3) is 0 Å². The van der Waals surface area contributed by atoms with Crippen molar-refractivity contribution in [1.29, 1.82) is 0 Å². The fraction of sp³-hybridized carbons (Fsp3) is 1.00. The van der Waals surface area contributed by atoms with Crippen LogP contribution in [0.3, 0.4) is 0 Å². The van der Waals surface area contributed by atoms with Gasteiger partial charge in [0.15, 0.2) is 0 Å². The fourth-order valence-corrected chi connectivity index (χ4v) is 1.96. The van der Waals surface area contributed by atoms with Gasteiger partial charge in [-0.3, -0.25) is 0 Å². The molecule has 0 amide bonds. The Labute approximate surface area is 83.3 Å². The molecule has 1 fully saturated rings. The van der Waals surface area contributed by atoms with Crippen molar-refractivity contribution < 1.29 is 13.2 Å². The molecule has 1 saturated heterocycles. The third-order valence-electron chi connectivity index (χ3n) is 2.96. The second kappa shape index (κ2) is 4.51. The summed E-state index contributed by atoms with van der Waals surface area (Å²) < 4.78 is 37.3. The topological polar surface area (TPSA) is 3.24 Å². The van der Waals surface area contributed by atoms with Gasteiger partial charge in [0.2, 0.25) is 0 Å². The first-order chi connectivity index (χ1) is 6.41. The smallest absolute Gasteiger partial charge is 0.301 e. The molecule has 4 heteroatoms. The van der Waals surface area contributed by atoms with Crippen LogP contribution < -0.4 is 0 Å². The molecule has 0 bridgehead atoms. The number of halogens is 3. The van der Waals surface area contributed by atoms with E-state index in [1.807, 2.05) is 13.8 Å². The van der Waals surface area contributed by atoms with E-state index in [0.29, 0.717) is 25.4 Å². The highest BCUT2D eigenvalue weighted by molar-refractivity contribution is 4.76. The van der Waals surface area contributed by atoms with E-state index in [0.717, 1.165) is 6.54 Å². The third kappa shape index (κ3) is 3.15. The maximum atomic E-state index is 12.4. The van der Waals surface area contributed by atoms with Crippen LogP contribution in [0.1, 0.15) is 33.1 Å². The largest absolute Gasteiger partial charge is 0.391 e. The molecule has 84 valence electrons. The summed E-state index contributed by atoms with van der Waals surface area (Å²) in [6.45, 7) is 5.47. The summed E-state index contributed by atoms with van der Waals surface area (Å²) in [5.41, 5.74) is 0. The first-order valence-electron chi connectivity index (χ1n) is 5.22. The lowest BCUT2D eigenvalue weighted by Gasteiger charge is -2.24. The highest BCUT2D eigenvalue weighted by Crippen LogP contribution is 2.34. The zero-order valence-corrected chi connectivity index (χ0v) is 8.77. The van der Waals surface area contributed by atoms with E-state index in [4.69, 9.17) is 0 Å². The Kier molecular flexibility index (Phi) is 3.81. The summed E-state index contributed by atoms with van der Waals surface area (Å²) in [6.07, 6.45) is -2.76. The van der Waals surface area contributed by atoms with Gasteiger partial charge in [0.05, 0.1) is 5.92 Å². The number of hydrogen-bond donors (Lipinski definition) is 0. The first-order valence-corrected chi connectivity index (χ1v) is 5.22. The molecular formula is C10H18F3N. The normalized spacial score (nSPS) is 26.6. The van der Waals surface area contributed by atoms with Crippen molar-refractivity contribution in [3.8, 4) is 0 Å². The molecule has 14 heavy (non-hydrogen) atoms. The number of hydrogen-bond acceptors (Lipinski definition) is 1. The molecule has 1 unspecified atom stereocenters. The number of nitrogens with zero attached hydrogens (tertiary/aromatic N) is 1. The lowest BCUT2D eigenvalue weighted by atomic mass is 10.0. The molecule has 1 aliphatic rings. The van der Waals surface area contributed by atoms with Gasteiger partial charge in [-0.25, -0.2) is 0 Å². The Morgan fingerprint density at radius 2 is 1.79 bits per heavy atom. The predicted molar refractivity (Wildman–Crippen MR) is 50.1 cm³/mol. The van der Waals surface area contributed by atoms with Gasteiger partial charge in [-0.15, -0.1) is 0 Å². The summed E-state index contributed by atoms with van der Waals surface area (Å²) in [5.74, 6) is -1.08. The summed E-state index contributed by atoms with van der Waals surface area (Å²) in [7, 11) is 0. The first kappa shape index (κ1) is 11.8. The van der Waals surface area contributed by atoms with Crippen molar-refractivity contribution in [3.63, 3.8) is 0 Å².